The minimum atomic E-state index is -0.497. The number of benzene rings is 2. The van der Waals surface area contributed by atoms with Crippen molar-refractivity contribution in [2.24, 2.45) is 0 Å². The molecule has 0 aliphatic rings. The van der Waals surface area contributed by atoms with E-state index < -0.39 is 10.9 Å². The lowest BCUT2D eigenvalue weighted by Gasteiger charge is -2.01. The van der Waals surface area contributed by atoms with Crippen molar-refractivity contribution in [3.63, 3.8) is 0 Å². The maximum Gasteiger partial charge on any atom is 0.339 e. The van der Waals surface area contributed by atoms with E-state index in [-0.39, 0.29) is 5.69 Å². The topological polar surface area (TPSA) is 69.4 Å². The van der Waals surface area contributed by atoms with Gasteiger partial charge in [-0.05, 0) is 30.7 Å². The van der Waals surface area contributed by atoms with Crippen LogP contribution >= 0.6 is 0 Å². The highest BCUT2D eigenvalue weighted by atomic mass is 16.6. The van der Waals surface area contributed by atoms with Crippen LogP contribution in [0.25, 0.3) is 0 Å². The highest BCUT2D eigenvalue weighted by Crippen LogP contribution is 2.19. The fraction of sp³-hybridized carbons (Fsp3) is 0.118. The van der Waals surface area contributed by atoms with Gasteiger partial charge in [-0.2, -0.15) is 0 Å². The predicted octanol–water partition coefficient (Wildman–Crippen LogP) is 3.09. The second kappa shape index (κ2) is 6.55. The van der Waals surface area contributed by atoms with Crippen LogP contribution in [0.2, 0.25) is 0 Å². The molecule has 0 amide bonds. The molecule has 0 atom stereocenters. The zero-order valence-electron chi connectivity index (χ0n) is 12.1. The molecule has 22 heavy (non-hydrogen) atoms. The van der Waals surface area contributed by atoms with E-state index in [9.17, 15) is 14.9 Å². The maximum absolute atomic E-state index is 11.7. The largest absolute Gasteiger partial charge is 0.465 e. The van der Waals surface area contributed by atoms with Crippen molar-refractivity contribution < 1.29 is 14.5 Å². The molecule has 110 valence electrons. The molecule has 0 aliphatic heterocycles. The normalized spacial score (nSPS) is 9.55. The van der Waals surface area contributed by atoms with Gasteiger partial charge in [0.05, 0.1) is 17.6 Å². The van der Waals surface area contributed by atoms with Crippen molar-refractivity contribution in [2.45, 2.75) is 6.92 Å². The van der Waals surface area contributed by atoms with Crippen molar-refractivity contribution in [1.82, 2.24) is 0 Å². The molecule has 0 radical (unpaired) electrons. The molecule has 0 bridgehead atoms. The Morgan fingerprint density at radius 3 is 2.50 bits per heavy atom. The first kappa shape index (κ1) is 15.3. The second-order valence-electron chi connectivity index (χ2n) is 4.56. The van der Waals surface area contributed by atoms with Gasteiger partial charge in [0, 0.05) is 11.6 Å². The molecule has 2 aromatic carbocycles. The summed E-state index contributed by atoms with van der Waals surface area (Å²) in [5.41, 5.74) is 1.82. The standard InChI is InChI=1S/C17H13NO4/c1-12-7-8-14(16(11-12)18(20)21)10-9-13-5-3-4-6-15(13)17(19)22-2/h3-8,11H,1-2H3. The molecular weight excluding hydrogens is 282 g/mol. The third-order valence-electron chi connectivity index (χ3n) is 3.01. The minimum absolute atomic E-state index is 0.0527. The Hall–Kier alpha value is -3.13. The monoisotopic (exact) mass is 295 g/mol. The Labute approximate surface area is 127 Å². The summed E-state index contributed by atoms with van der Waals surface area (Å²) in [4.78, 5) is 22.3. The number of rotatable bonds is 2. The van der Waals surface area contributed by atoms with E-state index in [1.807, 2.05) is 0 Å². The van der Waals surface area contributed by atoms with Crippen LogP contribution in [0.3, 0.4) is 0 Å². The second-order valence-corrected chi connectivity index (χ2v) is 4.56. The lowest BCUT2D eigenvalue weighted by molar-refractivity contribution is -0.385. The first-order valence-corrected chi connectivity index (χ1v) is 6.47. The number of hydrogen-bond donors (Lipinski definition) is 0. The van der Waals surface area contributed by atoms with E-state index >= 15 is 0 Å². The van der Waals surface area contributed by atoms with E-state index in [1.165, 1.54) is 13.2 Å². The molecule has 0 N–H and O–H groups in total. The number of esters is 1. The zero-order chi connectivity index (χ0) is 16.1. The highest BCUT2D eigenvalue weighted by Gasteiger charge is 2.12. The molecule has 5 heteroatoms. The molecule has 0 heterocycles. The molecule has 0 fully saturated rings. The van der Waals surface area contributed by atoms with E-state index in [0.29, 0.717) is 16.7 Å². The van der Waals surface area contributed by atoms with Gasteiger partial charge in [0.25, 0.3) is 5.69 Å². The summed E-state index contributed by atoms with van der Waals surface area (Å²) in [6, 6.07) is 11.5. The quantitative estimate of drug-likeness (QED) is 0.369. The first-order valence-electron chi connectivity index (χ1n) is 6.47. The predicted molar refractivity (Wildman–Crippen MR) is 81.6 cm³/mol. The van der Waals surface area contributed by atoms with Gasteiger partial charge in [-0.3, -0.25) is 10.1 Å². The zero-order valence-corrected chi connectivity index (χ0v) is 12.1. The summed E-state index contributed by atoms with van der Waals surface area (Å²) in [5.74, 6) is 5.07. The summed E-state index contributed by atoms with van der Waals surface area (Å²) in [6.07, 6.45) is 0. The first-order chi connectivity index (χ1) is 10.5. The fourth-order valence-electron chi connectivity index (χ4n) is 1.91. The molecule has 2 aromatic rings. The number of aryl methyl sites for hydroxylation is 1. The van der Waals surface area contributed by atoms with Gasteiger partial charge in [-0.1, -0.05) is 30.0 Å². The van der Waals surface area contributed by atoms with Crippen LogP contribution in [0, 0.1) is 28.9 Å². The molecule has 0 saturated heterocycles. The Kier molecular flexibility index (Phi) is 4.54. The summed E-state index contributed by atoms with van der Waals surface area (Å²) in [7, 11) is 1.29. The Bertz CT molecular complexity index is 800. The third-order valence-corrected chi connectivity index (χ3v) is 3.01. The smallest absolute Gasteiger partial charge is 0.339 e. The van der Waals surface area contributed by atoms with Crippen LogP contribution in [0.15, 0.2) is 42.5 Å². The van der Waals surface area contributed by atoms with Crippen LogP contribution in [0.1, 0.15) is 27.0 Å². The SMILES string of the molecule is COC(=O)c1ccccc1C#Cc1ccc(C)cc1[N+](=O)[O-]. The number of nitrogens with zero attached hydrogens (tertiary/aromatic N) is 1. The van der Waals surface area contributed by atoms with Gasteiger partial charge in [0.15, 0.2) is 0 Å². The number of ether oxygens (including phenoxy) is 1. The van der Waals surface area contributed by atoms with E-state index in [4.69, 9.17) is 4.74 Å². The van der Waals surface area contributed by atoms with Crippen LogP contribution in [-0.4, -0.2) is 18.0 Å². The summed E-state index contributed by atoms with van der Waals surface area (Å²) < 4.78 is 4.69. The molecule has 0 spiro atoms. The highest BCUT2D eigenvalue weighted by molar-refractivity contribution is 5.92. The van der Waals surface area contributed by atoms with E-state index in [1.54, 1.807) is 43.3 Å². The Morgan fingerprint density at radius 1 is 1.14 bits per heavy atom. The number of carbonyl (C=O) groups excluding carboxylic acids is 1. The van der Waals surface area contributed by atoms with Crippen LogP contribution in [0.4, 0.5) is 5.69 Å². The van der Waals surface area contributed by atoms with Crippen molar-refractivity contribution >= 4 is 11.7 Å². The van der Waals surface area contributed by atoms with Crippen LogP contribution in [-0.2, 0) is 4.74 Å². The average Bonchev–Trinajstić information content (AvgIpc) is 2.53. The molecule has 0 aliphatic carbocycles. The van der Waals surface area contributed by atoms with Crippen molar-refractivity contribution in [3.05, 3.63) is 74.8 Å². The van der Waals surface area contributed by atoms with Crippen LogP contribution < -0.4 is 0 Å². The van der Waals surface area contributed by atoms with Crippen molar-refractivity contribution in [2.75, 3.05) is 7.11 Å². The molecule has 2 rings (SSSR count). The van der Waals surface area contributed by atoms with E-state index in [2.05, 4.69) is 11.8 Å². The lowest BCUT2D eigenvalue weighted by Crippen LogP contribution is -2.03. The van der Waals surface area contributed by atoms with Gasteiger partial charge in [0.2, 0.25) is 0 Å². The molecular formula is C17H13NO4. The lowest BCUT2D eigenvalue weighted by atomic mass is 10.1. The number of nitro benzene ring substituents is 1. The molecule has 0 unspecified atom stereocenters. The number of hydrogen-bond acceptors (Lipinski definition) is 4. The number of nitro groups is 1. The number of methoxy groups -OCH3 is 1. The third kappa shape index (κ3) is 3.30. The van der Waals surface area contributed by atoms with Crippen molar-refractivity contribution in [3.8, 4) is 11.8 Å². The van der Waals surface area contributed by atoms with E-state index in [0.717, 1.165) is 5.56 Å². The van der Waals surface area contributed by atoms with Gasteiger partial charge in [-0.15, -0.1) is 0 Å². The Balaban J connectivity index is 2.48. The minimum Gasteiger partial charge on any atom is -0.465 e. The summed E-state index contributed by atoms with van der Waals surface area (Å²) >= 11 is 0. The fourth-order valence-corrected chi connectivity index (χ4v) is 1.91. The molecule has 5 nitrogen and oxygen atoms in total. The van der Waals surface area contributed by atoms with Crippen molar-refractivity contribution in [1.29, 1.82) is 0 Å². The van der Waals surface area contributed by atoms with Gasteiger partial charge in [0.1, 0.15) is 5.56 Å². The molecule has 0 saturated carbocycles. The van der Waals surface area contributed by atoms with Gasteiger partial charge in [-0.25, -0.2) is 4.79 Å². The number of carbonyl (C=O) groups is 1. The average molecular weight is 295 g/mol. The van der Waals surface area contributed by atoms with Crippen LogP contribution in [0.5, 0.6) is 0 Å². The van der Waals surface area contributed by atoms with Gasteiger partial charge < -0.3 is 4.74 Å². The summed E-state index contributed by atoms with van der Waals surface area (Å²) in [5, 5.41) is 11.1. The maximum atomic E-state index is 11.7. The van der Waals surface area contributed by atoms with Gasteiger partial charge >= 0.3 is 5.97 Å². The Morgan fingerprint density at radius 2 is 1.82 bits per heavy atom. The summed E-state index contributed by atoms with van der Waals surface area (Å²) in [6.45, 7) is 1.77. The molecule has 0 aromatic heterocycles.